The Balaban J connectivity index is 4.26. The molecule has 0 fully saturated rings. The first-order chi connectivity index (χ1) is 7.34. The number of alkyl halides is 1. The van der Waals surface area contributed by atoms with Gasteiger partial charge in [0.2, 0.25) is 0 Å². The second-order valence-corrected chi connectivity index (χ2v) is 4.76. The van der Waals surface area contributed by atoms with Crippen molar-refractivity contribution >= 4 is 6.09 Å². The number of halogens is 1. The highest BCUT2D eigenvalue weighted by Crippen LogP contribution is 2.11. The average molecular weight is 235 g/mol. The topological polar surface area (TPSA) is 58.6 Å². The molecule has 0 aliphatic heterocycles. The van der Waals surface area contributed by atoms with E-state index >= 15 is 0 Å². The lowest BCUT2D eigenvalue weighted by atomic mass is 9.99. The third-order valence-corrected chi connectivity index (χ3v) is 2.19. The third-order valence-electron chi connectivity index (χ3n) is 2.19. The SMILES string of the molecule is CC[C@H](CF)[C@@H](CO)NC(=O)OC(C)(C)C. The first-order valence-corrected chi connectivity index (χ1v) is 5.50. The van der Waals surface area contributed by atoms with Crippen LogP contribution in [0.3, 0.4) is 0 Å². The highest BCUT2D eigenvalue weighted by molar-refractivity contribution is 5.68. The van der Waals surface area contributed by atoms with Crippen molar-refractivity contribution in [3.8, 4) is 0 Å². The summed E-state index contributed by atoms with van der Waals surface area (Å²) < 4.78 is 17.6. The average Bonchev–Trinajstić information content (AvgIpc) is 2.15. The number of carbonyl (C=O) groups excluding carboxylic acids is 1. The molecule has 0 saturated heterocycles. The van der Waals surface area contributed by atoms with Gasteiger partial charge in [-0.3, -0.25) is 4.39 Å². The van der Waals surface area contributed by atoms with Gasteiger partial charge in [0.25, 0.3) is 0 Å². The van der Waals surface area contributed by atoms with E-state index in [1.807, 2.05) is 6.92 Å². The molecular formula is C11H22FNO3. The molecule has 1 amide bonds. The van der Waals surface area contributed by atoms with Gasteiger partial charge in [0, 0.05) is 5.92 Å². The summed E-state index contributed by atoms with van der Waals surface area (Å²) in [7, 11) is 0. The van der Waals surface area contributed by atoms with Crippen LogP contribution >= 0.6 is 0 Å². The van der Waals surface area contributed by atoms with Crippen molar-refractivity contribution in [2.45, 2.75) is 45.8 Å². The van der Waals surface area contributed by atoms with Crippen molar-refractivity contribution < 1.29 is 19.0 Å². The summed E-state index contributed by atoms with van der Waals surface area (Å²) in [5, 5.41) is 11.5. The molecule has 0 radical (unpaired) electrons. The van der Waals surface area contributed by atoms with E-state index in [2.05, 4.69) is 5.32 Å². The molecule has 0 spiro atoms. The van der Waals surface area contributed by atoms with E-state index in [9.17, 15) is 9.18 Å². The van der Waals surface area contributed by atoms with E-state index in [-0.39, 0.29) is 12.5 Å². The molecule has 96 valence electrons. The second-order valence-electron chi connectivity index (χ2n) is 4.76. The summed E-state index contributed by atoms with van der Waals surface area (Å²) in [5.74, 6) is -0.377. The fourth-order valence-electron chi connectivity index (χ4n) is 1.27. The summed E-state index contributed by atoms with van der Waals surface area (Å²) in [6.07, 6.45) is -0.0733. The Hall–Kier alpha value is -0.840. The van der Waals surface area contributed by atoms with E-state index in [4.69, 9.17) is 9.84 Å². The van der Waals surface area contributed by atoms with E-state index in [0.29, 0.717) is 6.42 Å². The Bertz CT molecular complexity index is 212. The highest BCUT2D eigenvalue weighted by Gasteiger charge is 2.24. The molecule has 2 N–H and O–H groups in total. The number of carbonyl (C=O) groups is 1. The number of rotatable bonds is 5. The molecule has 0 aromatic heterocycles. The van der Waals surface area contributed by atoms with Crippen molar-refractivity contribution in [1.29, 1.82) is 0 Å². The summed E-state index contributed by atoms with van der Waals surface area (Å²) >= 11 is 0. The molecule has 0 aliphatic rings. The fraction of sp³-hybridized carbons (Fsp3) is 0.909. The quantitative estimate of drug-likeness (QED) is 0.764. The zero-order valence-electron chi connectivity index (χ0n) is 10.4. The van der Waals surface area contributed by atoms with Gasteiger partial charge in [-0.25, -0.2) is 4.79 Å². The van der Waals surface area contributed by atoms with E-state index in [1.54, 1.807) is 20.8 Å². The predicted molar refractivity (Wildman–Crippen MR) is 60.0 cm³/mol. The molecule has 0 rings (SSSR count). The normalized spacial score (nSPS) is 15.4. The van der Waals surface area contributed by atoms with Crippen LogP contribution < -0.4 is 5.32 Å². The maximum atomic E-state index is 12.6. The minimum absolute atomic E-state index is 0.290. The van der Waals surface area contributed by atoms with Crippen LogP contribution in [0.25, 0.3) is 0 Å². The second kappa shape index (κ2) is 6.68. The van der Waals surface area contributed by atoms with Gasteiger partial charge in [0.05, 0.1) is 19.3 Å². The number of alkyl carbamates (subject to hydrolysis) is 1. The molecule has 4 nitrogen and oxygen atoms in total. The molecule has 16 heavy (non-hydrogen) atoms. The van der Waals surface area contributed by atoms with Gasteiger partial charge in [-0.1, -0.05) is 6.92 Å². The van der Waals surface area contributed by atoms with Crippen molar-refractivity contribution in [3.63, 3.8) is 0 Å². The maximum absolute atomic E-state index is 12.6. The first kappa shape index (κ1) is 15.2. The molecule has 0 unspecified atom stereocenters. The lowest BCUT2D eigenvalue weighted by molar-refractivity contribution is 0.0444. The van der Waals surface area contributed by atoms with Crippen molar-refractivity contribution in [3.05, 3.63) is 0 Å². The van der Waals surface area contributed by atoms with Crippen LogP contribution in [0.5, 0.6) is 0 Å². The van der Waals surface area contributed by atoms with Crippen molar-refractivity contribution in [1.82, 2.24) is 5.32 Å². The fourth-order valence-corrected chi connectivity index (χ4v) is 1.27. The summed E-state index contributed by atoms with van der Waals surface area (Å²) in [6.45, 7) is 6.18. The standard InChI is InChI=1S/C11H22FNO3/c1-5-8(6-12)9(7-14)13-10(15)16-11(2,3)4/h8-9,14H,5-7H2,1-4H3,(H,13,15)/t8-,9-/m1/s1. The zero-order valence-corrected chi connectivity index (χ0v) is 10.4. The molecule has 5 heteroatoms. The molecule has 0 aromatic carbocycles. The molecule has 0 bridgehead atoms. The van der Waals surface area contributed by atoms with Gasteiger partial charge in [-0.2, -0.15) is 0 Å². The van der Waals surface area contributed by atoms with Crippen LogP contribution in [-0.2, 0) is 4.74 Å². The van der Waals surface area contributed by atoms with E-state index in [1.165, 1.54) is 0 Å². The van der Waals surface area contributed by atoms with Crippen LogP contribution in [0, 0.1) is 5.92 Å². The summed E-state index contributed by atoms with van der Waals surface area (Å²) in [5.41, 5.74) is -0.596. The van der Waals surface area contributed by atoms with E-state index in [0.717, 1.165) is 0 Å². The number of hydrogen-bond acceptors (Lipinski definition) is 3. The Morgan fingerprint density at radius 3 is 2.38 bits per heavy atom. The Kier molecular flexibility index (Phi) is 6.33. The minimum atomic E-state index is -0.626. The molecule has 0 heterocycles. The van der Waals surface area contributed by atoms with Gasteiger partial charge >= 0.3 is 6.09 Å². The van der Waals surface area contributed by atoms with Crippen LogP contribution in [0.15, 0.2) is 0 Å². The van der Waals surface area contributed by atoms with Gasteiger partial charge in [-0.15, -0.1) is 0 Å². The third kappa shape index (κ3) is 5.90. The predicted octanol–water partition coefficient (Wildman–Crippen LogP) is 1.87. The number of hydrogen-bond donors (Lipinski definition) is 2. The Morgan fingerprint density at radius 2 is 2.06 bits per heavy atom. The summed E-state index contributed by atoms with van der Waals surface area (Å²) in [4.78, 5) is 11.4. The molecular weight excluding hydrogens is 213 g/mol. The van der Waals surface area contributed by atoms with Crippen molar-refractivity contribution in [2.75, 3.05) is 13.3 Å². The van der Waals surface area contributed by atoms with Crippen LogP contribution in [-0.4, -0.2) is 36.1 Å². The van der Waals surface area contributed by atoms with E-state index < -0.39 is 24.4 Å². The lowest BCUT2D eigenvalue weighted by Crippen LogP contribution is -2.45. The van der Waals surface area contributed by atoms with Crippen LogP contribution in [0.1, 0.15) is 34.1 Å². The van der Waals surface area contributed by atoms with Gasteiger partial charge in [-0.05, 0) is 27.2 Å². The first-order valence-electron chi connectivity index (χ1n) is 5.50. The lowest BCUT2D eigenvalue weighted by Gasteiger charge is -2.26. The number of ether oxygens (including phenoxy) is 1. The molecule has 0 aromatic rings. The maximum Gasteiger partial charge on any atom is 0.407 e. The van der Waals surface area contributed by atoms with Gasteiger partial charge in [0.15, 0.2) is 0 Å². The molecule has 2 atom stereocenters. The van der Waals surface area contributed by atoms with Crippen LogP contribution in [0.4, 0.5) is 9.18 Å². The smallest absolute Gasteiger partial charge is 0.407 e. The molecule has 0 saturated carbocycles. The zero-order chi connectivity index (χ0) is 12.8. The minimum Gasteiger partial charge on any atom is -0.444 e. The number of amides is 1. The monoisotopic (exact) mass is 235 g/mol. The Labute approximate surface area is 96.2 Å². The van der Waals surface area contributed by atoms with Crippen LogP contribution in [0.2, 0.25) is 0 Å². The summed E-state index contributed by atoms with van der Waals surface area (Å²) in [6, 6.07) is -0.593. The number of aliphatic hydroxyl groups is 1. The largest absolute Gasteiger partial charge is 0.444 e. The van der Waals surface area contributed by atoms with Crippen molar-refractivity contribution in [2.24, 2.45) is 5.92 Å². The number of aliphatic hydroxyl groups excluding tert-OH is 1. The van der Waals surface area contributed by atoms with Gasteiger partial charge in [0.1, 0.15) is 5.60 Å². The van der Waals surface area contributed by atoms with Gasteiger partial charge < -0.3 is 15.2 Å². The Morgan fingerprint density at radius 1 is 1.50 bits per heavy atom. The number of nitrogens with one attached hydrogen (secondary N) is 1. The highest BCUT2D eigenvalue weighted by atomic mass is 19.1. The molecule has 0 aliphatic carbocycles.